The first-order chi connectivity index (χ1) is 14.8. The van der Waals surface area contributed by atoms with Gasteiger partial charge >= 0.3 is 0 Å². The van der Waals surface area contributed by atoms with E-state index in [1.807, 2.05) is 36.4 Å². The van der Waals surface area contributed by atoms with Crippen LogP contribution in [0.5, 0.6) is 0 Å². The number of thioether (sulfide) groups is 1. The Hall–Kier alpha value is -2.56. The van der Waals surface area contributed by atoms with E-state index in [-0.39, 0.29) is 5.91 Å². The molecule has 0 atom stereocenters. The van der Waals surface area contributed by atoms with E-state index in [2.05, 4.69) is 41.7 Å². The summed E-state index contributed by atoms with van der Waals surface area (Å²) >= 11 is 4.59. The van der Waals surface area contributed by atoms with Crippen molar-refractivity contribution < 1.29 is 4.79 Å². The lowest BCUT2D eigenvalue weighted by atomic mass is 10.2. The van der Waals surface area contributed by atoms with E-state index < -0.39 is 0 Å². The van der Waals surface area contributed by atoms with E-state index in [4.69, 9.17) is 0 Å². The molecule has 1 saturated carbocycles. The quantitative estimate of drug-likeness (QED) is 0.397. The van der Waals surface area contributed by atoms with Gasteiger partial charge in [-0.25, -0.2) is 0 Å². The largest absolute Gasteiger partial charge is 0.346 e. The van der Waals surface area contributed by atoms with Crippen LogP contribution >= 0.6 is 34.4 Å². The minimum absolute atomic E-state index is 0.200. The monoisotopic (exact) mass is 454 g/mol. The van der Waals surface area contributed by atoms with Crippen LogP contribution in [0.15, 0.2) is 53.0 Å². The lowest BCUT2D eigenvalue weighted by Crippen LogP contribution is -2.22. The summed E-state index contributed by atoms with van der Waals surface area (Å²) in [7, 11) is 0. The fourth-order valence-electron chi connectivity index (χ4n) is 2.99. The Morgan fingerprint density at radius 2 is 1.97 bits per heavy atom. The summed E-state index contributed by atoms with van der Waals surface area (Å²) in [6.45, 7) is 0.472. The maximum atomic E-state index is 12.4. The van der Waals surface area contributed by atoms with Crippen molar-refractivity contribution in [1.82, 2.24) is 30.3 Å². The number of hydrogen-bond acceptors (Lipinski definition) is 8. The normalized spacial score (nSPS) is 13.5. The summed E-state index contributed by atoms with van der Waals surface area (Å²) in [6, 6.07) is 14.4. The molecule has 3 aromatic heterocycles. The standard InChI is InChI=1S/C20H18N6OS3/c27-18(21-11-13-5-2-1-3-6-13)19-24-22-16(30-19)12-29-20-25-23-17(15-7-4-10-28-15)26(20)14-8-9-14/h1-7,10,14H,8-9,11-12H2,(H,21,27). The lowest BCUT2D eigenvalue weighted by molar-refractivity contribution is 0.0950. The van der Waals surface area contributed by atoms with Crippen molar-refractivity contribution in [1.29, 1.82) is 0 Å². The Labute approximate surface area is 185 Å². The number of nitrogens with zero attached hydrogens (tertiary/aromatic N) is 5. The molecule has 30 heavy (non-hydrogen) atoms. The van der Waals surface area contributed by atoms with Gasteiger partial charge in [0.2, 0.25) is 5.01 Å². The third kappa shape index (κ3) is 4.30. The van der Waals surface area contributed by atoms with Gasteiger partial charge in [0.15, 0.2) is 11.0 Å². The van der Waals surface area contributed by atoms with Crippen LogP contribution in [0.25, 0.3) is 10.7 Å². The molecule has 0 saturated heterocycles. The van der Waals surface area contributed by atoms with Gasteiger partial charge in [0.05, 0.1) is 10.6 Å². The Balaban J connectivity index is 1.23. The van der Waals surface area contributed by atoms with Crippen molar-refractivity contribution in [3.05, 3.63) is 63.4 Å². The average Bonchev–Trinajstić information content (AvgIpc) is 3.17. The fraction of sp³-hybridized carbons (Fsp3) is 0.250. The second-order valence-electron chi connectivity index (χ2n) is 6.84. The minimum Gasteiger partial charge on any atom is -0.346 e. The molecule has 0 aliphatic heterocycles. The van der Waals surface area contributed by atoms with Crippen molar-refractivity contribution >= 4 is 40.3 Å². The van der Waals surface area contributed by atoms with Gasteiger partial charge in [-0.3, -0.25) is 9.36 Å². The van der Waals surface area contributed by atoms with Gasteiger partial charge in [0, 0.05) is 12.6 Å². The number of nitrogens with one attached hydrogen (secondary N) is 1. The van der Waals surface area contributed by atoms with Gasteiger partial charge in [0.25, 0.3) is 5.91 Å². The van der Waals surface area contributed by atoms with Crippen molar-refractivity contribution in [2.24, 2.45) is 0 Å². The van der Waals surface area contributed by atoms with Crippen LogP contribution in [0.2, 0.25) is 0 Å². The highest BCUT2D eigenvalue weighted by Gasteiger charge is 2.30. The van der Waals surface area contributed by atoms with Crippen LogP contribution in [0, 0.1) is 0 Å². The Morgan fingerprint density at radius 1 is 1.10 bits per heavy atom. The molecule has 3 heterocycles. The van der Waals surface area contributed by atoms with E-state index in [1.54, 1.807) is 23.1 Å². The molecule has 4 aromatic rings. The summed E-state index contributed by atoms with van der Waals surface area (Å²) in [5.74, 6) is 1.35. The second kappa shape index (κ2) is 8.66. The molecule has 1 N–H and O–H groups in total. The van der Waals surface area contributed by atoms with Gasteiger partial charge in [-0.2, -0.15) is 0 Å². The molecule has 0 spiro atoms. The second-order valence-corrected chi connectivity index (χ2v) is 9.79. The predicted molar refractivity (Wildman–Crippen MR) is 119 cm³/mol. The summed E-state index contributed by atoms with van der Waals surface area (Å²) in [4.78, 5) is 13.5. The fourth-order valence-corrected chi connectivity index (χ4v) is 5.45. The van der Waals surface area contributed by atoms with E-state index in [0.717, 1.165) is 39.3 Å². The van der Waals surface area contributed by atoms with Crippen LogP contribution in [-0.2, 0) is 12.3 Å². The molecule has 152 valence electrons. The first kappa shape index (κ1) is 19.4. The topological polar surface area (TPSA) is 85.6 Å². The molecule has 0 bridgehead atoms. The van der Waals surface area contributed by atoms with E-state index in [1.165, 1.54) is 11.3 Å². The van der Waals surface area contributed by atoms with Crippen LogP contribution < -0.4 is 5.32 Å². The van der Waals surface area contributed by atoms with Gasteiger partial charge in [0.1, 0.15) is 5.01 Å². The molecule has 10 heteroatoms. The van der Waals surface area contributed by atoms with Crippen molar-refractivity contribution in [3.63, 3.8) is 0 Å². The van der Waals surface area contributed by atoms with Crippen LogP contribution in [-0.4, -0.2) is 30.9 Å². The highest BCUT2D eigenvalue weighted by Crippen LogP contribution is 2.42. The molecule has 1 aromatic carbocycles. The molecule has 5 rings (SSSR count). The van der Waals surface area contributed by atoms with Gasteiger partial charge in [-0.1, -0.05) is 59.5 Å². The van der Waals surface area contributed by atoms with E-state index >= 15 is 0 Å². The number of carbonyl (C=O) groups excluding carboxylic acids is 1. The third-order valence-electron chi connectivity index (χ3n) is 4.60. The molecule has 1 aliphatic carbocycles. The zero-order valence-corrected chi connectivity index (χ0v) is 18.3. The highest BCUT2D eigenvalue weighted by molar-refractivity contribution is 7.98. The molecule has 0 unspecified atom stereocenters. The molecule has 1 fully saturated rings. The Morgan fingerprint density at radius 3 is 2.73 bits per heavy atom. The maximum Gasteiger partial charge on any atom is 0.282 e. The van der Waals surface area contributed by atoms with Crippen molar-refractivity contribution in [2.45, 2.75) is 36.3 Å². The summed E-state index contributed by atoms with van der Waals surface area (Å²) in [6.07, 6.45) is 2.32. The maximum absolute atomic E-state index is 12.4. The van der Waals surface area contributed by atoms with Crippen molar-refractivity contribution in [2.75, 3.05) is 0 Å². The SMILES string of the molecule is O=C(NCc1ccccc1)c1nnc(CSc2nnc(-c3cccs3)n2C2CC2)s1. The number of carbonyl (C=O) groups is 1. The van der Waals surface area contributed by atoms with E-state index in [9.17, 15) is 4.79 Å². The van der Waals surface area contributed by atoms with Crippen molar-refractivity contribution in [3.8, 4) is 10.7 Å². The van der Waals surface area contributed by atoms with Crippen LogP contribution in [0.4, 0.5) is 0 Å². The Bertz CT molecular complexity index is 1130. The summed E-state index contributed by atoms with van der Waals surface area (Å²) in [5, 5.41) is 24.1. The Kier molecular flexibility index (Phi) is 5.60. The summed E-state index contributed by atoms with van der Waals surface area (Å²) in [5.41, 5.74) is 1.05. The van der Waals surface area contributed by atoms with Crippen LogP contribution in [0.3, 0.4) is 0 Å². The number of benzene rings is 1. The zero-order valence-electron chi connectivity index (χ0n) is 15.9. The number of thiophene rings is 1. The number of rotatable bonds is 8. The minimum atomic E-state index is -0.200. The zero-order chi connectivity index (χ0) is 20.3. The number of hydrogen-bond donors (Lipinski definition) is 1. The first-order valence-corrected chi connectivity index (χ1v) is 12.2. The van der Waals surface area contributed by atoms with Gasteiger partial charge in [-0.15, -0.1) is 31.7 Å². The van der Waals surface area contributed by atoms with Crippen LogP contribution in [0.1, 0.15) is 39.3 Å². The lowest BCUT2D eigenvalue weighted by Gasteiger charge is -2.06. The first-order valence-electron chi connectivity index (χ1n) is 9.54. The summed E-state index contributed by atoms with van der Waals surface area (Å²) < 4.78 is 2.24. The van der Waals surface area contributed by atoms with Gasteiger partial charge < -0.3 is 5.32 Å². The molecule has 7 nitrogen and oxygen atoms in total. The predicted octanol–water partition coefficient (Wildman–Crippen LogP) is 4.42. The highest BCUT2D eigenvalue weighted by atomic mass is 32.2. The number of aromatic nitrogens is 5. The molecule has 1 amide bonds. The molecular formula is C20H18N6OS3. The number of amides is 1. The van der Waals surface area contributed by atoms with Gasteiger partial charge in [-0.05, 0) is 29.9 Å². The smallest absolute Gasteiger partial charge is 0.282 e. The molecule has 0 radical (unpaired) electrons. The average molecular weight is 455 g/mol. The van der Waals surface area contributed by atoms with E-state index in [0.29, 0.717) is 23.3 Å². The molecule has 1 aliphatic rings. The molecular weight excluding hydrogens is 436 g/mol. The third-order valence-corrected chi connectivity index (χ3v) is 7.52.